The zero-order valence-electron chi connectivity index (χ0n) is 24.8. The molecule has 3 heterocycles. The van der Waals surface area contributed by atoms with E-state index in [1.165, 1.54) is 34.8 Å². The molecule has 5 N–H and O–H groups in total. The molecule has 0 bridgehead atoms. The van der Waals surface area contributed by atoms with E-state index in [0.29, 0.717) is 58.6 Å². The van der Waals surface area contributed by atoms with Crippen LogP contribution in [0.5, 0.6) is 5.75 Å². The zero-order valence-corrected chi connectivity index (χ0v) is 26.4. The molecule has 0 amide bonds. The van der Waals surface area contributed by atoms with E-state index in [1.807, 2.05) is 31.2 Å². The molecule has 1 saturated heterocycles. The van der Waals surface area contributed by atoms with Gasteiger partial charge in [0.2, 0.25) is 5.13 Å². The number of carboxylic acids is 1. The van der Waals surface area contributed by atoms with Crippen molar-refractivity contribution in [3.05, 3.63) is 75.6 Å². The Labute approximate surface area is 268 Å². The van der Waals surface area contributed by atoms with Crippen LogP contribution in [0, 0.1) is 23.1 Å². The number of aromatic nitrogens is 2. The Morgan fingerprint density at radius 2 is 2.09 bits per heavy atom. The van der Waals surface area contributed by atoms with Gasteiger partial charge in [0.05, 0.1) is 23.4 Å². The molecule has 0 unspecified atom stereocenters. The number of benzene rings is 2. The fraction of sp³-hybridized carbons (Fsp3) is 0.281. The molecule has 4 aromatic rings. The van der Waals surface area contributed by atoms with Crippen LogP contribution in [-0.4, -0.2) is 59.5 Å². The van der Waals surface area contributed by atoms with Crippen molar-refractivity contribution in [1.82, 2.24) is 15.3 Å². The van der Waals surface area contributed by atoms with E-state index in [0.717, 1.165) is 22.2 Å². The van der Waals surface area contributed by atoms with Gasteiger partial charge < -0.3 is 25.8 Å². The van der Waals surface area contributed by atoms with Gasteiger partial charge in [-0.1, -0.05) is 35.3 Å². The van der Waals surface area contributed by atoms with Gasteiger partial charge >= 0.3 is 5.97 Å². The molecule has 232 valence electrons. The monoisotopic (exact) mass is 645 g/mol. The fourth-order valence-corrected chi connectivity index (χ4v) is 6.72. The highest BCUT2D eigenvalue weighted by Gasteiger charge is 2.28. The number of nitrogens with two attached hydrogens (primary N) is 1. The van der Waals surface area contributed by atoms with Crippen molar-refractivity contribution in [2.75, 3.05) is 31.6 Å². The Hall–Kier alpha value is -4.64. The number of amidine groups is 2. The van der Waals surface area contributed by atoms with Crippen LogP contribution in [0.3, 0.4) is 0 Å². The maximum Gasteiger partial charge on any atom is 0.355 e. The number of fused-ring (bicyclic) bond motifs is 1. The lowest BCUT2D eigenvalue weighted by Crippen LogP contribution is -2.38. The highest BCUT2D eigenvalue weighted by molar-refractivity contribution is 7.22. The number of aliphatic imine (C=N–C) groups is 1. The minimum absolute atomic E-state index is 0.0526. The average Bonchev–Trinajstić information content (AvgIpc) is 3.64. The predicted molar refractivity (Wildman–Crippen MR) is 178 cm³/mol. The summed E-state index contributed by atoms with van der Waals surface area (Å²) in [6, 6.07) is 12.3. The first kappa shape index (κ1) is 31.8. The number of thiazole rings is 2. The lowest BCUT2D eigenvalue weighted by Gasteiger charge is -2.30. The van der Waals surface area contributed by atoms with Gasteiger partial charge in [0.25, 0.3) is 0 Å². The summed E-state index contributed by atoms with van der Waals surface area (Å²) in [5.41, 5.74) is 9.14. The molecule has 0 aliphatic carbocycles. The van der Waals surface area contributed by atoms with Crippen LogP contribution >= 0.6 is 22.7 Å². The average molecular weight is 646 g/mol. The quantitative estimate of drug-likeness (QED) is 0.0737. The third kappa shape index (κ3) is 7.54. The minimum Gasteiger partial charge on any atom is -0.491 e. The molecule has 0 spiro atoms. The van der Waals surface area contributed by atoms with E-state index >= 15 is 0 Å². The number of rotatable bonds is 10. The van der Waals surface area contributed by atoms with Crippen LogP contribution in [0.2, 0.25) is 0 Å². The third-order valence-corrected chi connectivity index (χ3v) is 9.12. The molecule has 0 saturated carbocycles. The topological polar surface area (TPSA) is 150 Å². The second-order valence-electron chi connectivity index (χ2n) is 10.2. The summed E-state index contributed by atoms with van der Waals surface area (Å²) in [4.78, 5) is 27.8. The number of hydrogen-bond donors (Lipinski definition) is 4. The molecule has 1 aliphatic rings. The van der Waals surface area contributed by atoms with Crippen molar-refractivity contribution in [3.8, 4) is 17.6 Å². The molecule has 2 aromatic carbocycles. The summed E-state index contributed by atoms with van der Waals surface area (Å²) in [6.45, 7) is 3.05. The van der Waals surface area contributed by atoms with E-state index in [-0.39, 0.29) is 29.7 Å². The summed E-state index contributed by atoms with van der Waals surface area (Å²) < 4.78 is 21.1. The molecule has 0 radical (unpaired) electrons. The van der Waals surface area contributed by atoms with Crippen LogP contribution in [0.1, 0.15) is 47.1 Å². The number of anilines is 1. The number of para-hydroxylation sites is 1. The number of nitrogens with one attached hydrogen (secondary N) is 2. The normalized spacial score (nSPS) is 14.8. The fourth-order valence-electron chi connectivity index (χ4n) is 4.75. The van der Waals surface area contributed by atoms with E-state index in [4.69, 9.17) is 15.9 Å². The van der Waals surface area contributed by atoms with Crippen LogP contribution < -0.4 is 20.7 Å². The maximum atomic E-state index is 14.5. The zero-order chi connectivity index (χ0) is 31.9. The summed E-state index contributed by atoms with van der Waals surface area (Å²) in [6.07, 6.45) is 2.20. The molecule has 13 heteroatoms. The summed E-state index contributed by atoms with van der Waals surface area (Å²) >= 11 is 2.68. The van der Waals surface area contributed by atoms with Crippen molar-refractivity contribution >= 4 is 60.8 Å². The number of halogens is 1. The van der Waals surface area contributed by atoms with Gasteiger partial charge in [-0.15, -0.1) is 11.3 Å². The van der Waals surface area contributed by atoms with Crippen LogP contribution in [0.4, 0.5) is 14.7 Å². The van der Waals surface area contributed by atoms with Crippen molar-refractivity contribution in [3.63, 3.8) is 0 Å². The van der Waals surface area contributed by atoms with Gasteiger partial charge in [-0.05, 0) is 75.6 Å². The van der Waals surface area contributed by atoms with Crippen molar-refractivity contribution in [1.29, 1.82) is 5.41 Å². The van der Waals surface area contributed by atoms with Gasteiger partial charge in [0, 0.05) is 22.6 Å². The Morgan fingerprint density at radius 3 is 2.84 bits per heavy atom. The molecule has 45 heavy (non-hydrogen) atoms. The van der Waals surface area contributed by atoms with Crippen molar-refractivity contribution in [2.45, 2.75) is 32.6 Å². The number of hydrogen-bond acceptors (Lipinski definition) is 9. The molecular formula is C32H32FN7O3S2. The number of ether oxygens (including phenoxy) is 1. The highest BCUT2D eigenvalue weighted by Crippen LogP contribution is 2.33. The standard InChI is InChI=1S/C32H32FN7O3S2/c1-19(28(34)39-31-37-23-10-3-4-11-25(23)44-31)21-9-6-16-40(29(21)35)32-38-27(30(41)42)26(45-32)12-7-17-43-24-14-13-20(18-22(24)33)8-5-15-36-2/h3-4,10-11,13-14,18,35-36H,6-7,9,12,15-17H2,1-2H3,(H,41,42)(H2,34,37,39)/b21-19-,35-29?. The van der Waals surface area contributed by atoms with E-state index in [2.05, 4.69) is 32.1 Å². The number of aryl methyl sites for hydroxylation is 1. The first-order valence-corrected chi connectivity index (χ1v) is 15.9. The Kier molecular flexibility index (Phi) is 10.2. The largest absolute Gasteiger partial charge is 0.491 e. The van der Waals surface area contributed by atoms with Crippen LogP contribution in [-0.2, 0) is 6.42 Å². The predicted octanol–water partition coefficient (Wildman–Crippen LogP) is 5.76. The van der Waals surface area contributed by atoms with Gasteiger partial charge in [-0.3, -0.25) is 5.41 Å². The maximum absolute atomic E-state index is 14.5. The number of nitrogens with zero attached hydrogens (tertiary/aromatic N) is 4. The first-order chi connectivity index (χ1) is 21.7. The number of carboxylic acid groups (broad SMARTS) is 1. The number of carbonyl (C=O) groups is 1. The van der Waals surface area contributed by atoms with Gasteiger partial charge in [-0.2, -0.15) is 0 Å². The second kappa shape index (κ2) is 14.4. The summed E-state index contributed by atoms with van der Waals surface area (Å²) in [5.74, 6) is 4.73. The van der Waals surface area contributed by atoms with Gasteiger partial charge in [-0.25, -0.2) is 24.1 Å². The second-order valence-corrected chi connectivity index (χ2v) is 12.2. The lowest BCUT2D eigenvalue weighted by atomic mass is 9.98. The van der Waals surface area contributed by atoms with Crippen LogP contribution in [0.25, 0.3) is 10.2 Å². The molecule has 1 fully saturated rings. The SMILES string of the molecule is CNCC#Cc1ccc(OCCCc2sc(N3CCC/C(=C(C)/C(N)=N\c4nc5ccccc5s4)C3=N)nc2C(=O)O)c(F)c1. The minimum atomic E-state index is -1.14. The highest BCUT2D eigenvalue weighted by atomic mass is 32.1. The van der Waals surface area contributed by atoms with Crippen molar-refractivity contribution < 1.29 is 19.0 Å². The van der Waals surface area contributed by atoms with E-state index in [1.54, 1.807) is 18.0 Å². The number of aromatic carboxylic acids is 1. The number of piperidine rings is 1. The van der Waals surface area contributed by atoms with E-state index < -0.39 is 11.8 Å². The molecule has 10 nitrogen and oxygen atoms in total. The first-order valence-electron chi connectivity index (χ1n) is 14.3. The molecule has 2 aromatic heterocycles. The molecule has 1 aliphatic heterocycles. The molecular weight excluding hydrogens is 614 g/mol. The third-order valence-electron chi connectivity index (χ3n) is 7.05. The van der Waals surface area contributed by atoms with Crippen LogP contribution in [0.15, 0.2) is 58.6 Å². The summed E-state index contributed by atoms with van der Waals surface area (Å²) in [7, 11) is 1.78. The van der Waals surface area contributed by atoms with Gasteiger partial charge in [0.1, 0.15) is 11.7 Å². The molecule has 5 rings (SSSR count). The summed E-state index contributed by atoms with van der Waals surface area (Å²) in [5, 5.41) is 22.7. The van der Waals surface area contributed by atoms with Crippen molar-refractivity contribution in [2.24, 2.45) is 10.7 Å². The molecule has 0 atom stereocenters. The Balaban J connectivity index is 1.26. The van der Waals surface area contributed by atoms with Gasteiger partial charge in [0.15, 0.2) is 22.4 Å². The smallest absolute Gasteiger partial charge is 0.355 e. The van der Waals surface area contributed by atoms with E-state index in [9.17, 15) is 14.3 Å². The lowest BCUT2D eigenvalue weighted by molar-refractivity contribution is 0.0690. The Morgan fingerprint density at radius 1 is 1.27 bits per heavy atom. The Bertz CT molecular complexity index is 1840.